The maximum Gasteiger partial charge on any atom is 0.272 e. The van der Waals surface area contributed by atoms with Crippen molar-refractivity contribution in [2.75, 3.05) is 7.11 Å². The molecule has 0 aliphatic heterocycles. The average molecular weight is 253 g/mol. The summed E-state index contributed by atoms with van der Waals surface area (Å²) in [5.74, 6) is 0.370. The van der Waals surface area contributed by atoms with E-state index >= 15 is 0 Å². The first-order valence-corrected chi connectivity index (χ1v) is 6.17. The Balaban J connectivity index is 1.94. The van der Waals surface area contributed by atoms with Crippen molar-refractivity contribution in [3.8, 4) is 5.88 Å². The number of carbonyl (C=O) groups excluding carboxylic acids is 1. The summed E-state index contributed by atoms with van der Waals surface area (Å²) >= 11 is 0. The van der Waals surface area contributed by atoms with Crippen LogP contribution in [0.1, 0.15) is 36.2 Å². The predicted molar refractivity (Wildman–Crippen MR) is 65.5 cm³/mol. The lowest BCUT2D eigenvalue weighted by molar-refractivity contribution is 0.0862. The van der Waals surface area contributed by atoms with Crippen molar-refractivity contribution in [1.82, 2.24) is 15.1 Å². The van der Waals surface area contributed by atoms with Gasteiger partial charge in [0.05, 0.1) is 13.2 Å². The fraction of sp³-hybridized carbons (Fsp3) is 0.667. The van der Waals surface area contributed by atoms with Gasteiger partial charge in [-0.15, -0.1) is 0 Å². The third-order valence-corrected chi connectivity index (χ3v) is 3.31. The smallest absolute Gasteiger partial charge is 0.272 e. The van der Waals surface area contributed by atoms with Crippen LogP contribution in [0.25, 0.3) is 0 Å². The molecule has 6 heteroatoms. The van der Waals surface area contributed by atoms with Gasteiger partial charge in [-0.25, -0.2) is 4.68 Å². The molecule has 1 aliphatic carbocycles. The monoisotopic (exact) mass is 253 g/mol. The second kappa shape index (κ2) is 5.39. The van der Waals surface area contributed by atoms with E-state index in [1.165, 1.54) is 4.68 Å². The summed E-state index contributed by atoms with van der Waals surface area (Å²) in [5, 5.41) is 16.4. The van der Waals surface area contributed by atoms with Crippen LogP contribution in [0.5, 0.6) is 5.88 Å². The van der Waals surface area contributed by atoms with Gasteiger partial charge >= 0.3 is 0 Å². The molecule has 2 N–H and O–H groups in total. The SMILES string of the molecule is COc1cc(C(=O)NC2CCC(O)CC2)nn1C. The number of rotatable bonds is 3. The van der Waals surface area contributed by atoms with Crippen molar-refractivity contribution < 1.29 is 14.6 Å². The molecule has 100 valence electrons. The molecular weight excluding hydrogens is 234 g/mol. The van der Waals surface area contributed by atoms with Crippen LogP contribution in [0.4, 0.5) is 0 Å². The fourth-order valence-electron chi connectivity index (χ4n) is 2.23. The number of hydrogen-bond acceptors (Lipinski definition) is 4. The summed E-state index contributed by atoms with van der Waals surface area (Å²) in [4.78, 5) is 12.0. The number of hydrogen-bond donors (Lipinski definition) is 2. The topological polar surface area (TPSA) is 76.4 Å². The average Bonchev–Trinajstić information content (AvgIpc) is 2.73. The summed E-state index contributed by atoms with van der Waals surface area (Å²) in [6.45, 7) is 0. The minimum absolute atomic E-state index is 0.133. The van der Waals surface area contributed by atoms with Crippen molar-refractivity contribution in [3.05, 3.63) is 11.8 Å². The van der Waals surface area contributed by atoms with Crippen LogP contribution in [0.15, 0.2) is 6.07 Å². The summed E-state index contributed by atoms with van der Waals surface area (Å²) in [6, 6.07) is 1.75. The van der Waals surface area contributed by atoms with Crippen LogP contribution < -0.4 is 10.1 Å². The number of carbonyl (C=O) groups is 1. The standard InChI is InChI=1S/C12H19N3O3/c1-15-11(18-2)7-10(14-15)12(17)13-8-3-5-9(16)6-4-8/h7-9,16H,3-6H2,1-2H3,(H,13,17). The van der Waals surface area contributed by atoms with Gasteiger partial charge in [-0.1, -0.05) is 0 Å². The quantitative estimate of drug-likeness (QED) is 0.820. The van der Waals surface area contributed by atoms with Gasteiger partial charge in [-0.2, -0.15) is 5.10 Å². The van der Waals surface area contributed by atoms with Crippen LogP contribution >= 0.6 is 0 Å². The number of methoxy groups -OCH3 is 1. The Labute approximate surface area is 106 Å². The van der Waals surface area contributed by atoms with Crippen LogP contribution in [-0.2, 0) is 7.05 Å². The third-order valence-electron chi connectivity index (χ3n) is 3.31. The van der Waals surface area contributed by atoms with Crippen molar-refractivity contribution in [1.29, 1.82) is 0 Å². The number of aliphatic hydroxyl groups excluding tert-OH is 1. The third kappa shape index (κ3) is 2.81. The van der Waals surface area contributed by atoms with E-state index < -0.39 is 0 Å². The van der Waals surface area contributed by atoms with Gasteiger partial charge in [0.2, 0.25) is 5.88 Å². The zero-order valence-electron chi connectivity index (χ0n) is 10.7. The first kappa shape index (κ1) is 12.9. The van der Waals surface area contributed by atoms with Gasteiger partial charge in [0, 0.05) is 19.2 Å². The lowest BCUT2D eigenvalue weighted by atomic mass is 9.93. The zero-order valence-corrected chi connectivity index (χ0v) is 10.7. The van der Waals surface area contributed by atoms with Gasteiger partial charge in [0.1, 0.15) is 0 Å². The van der Waals surface area contributed by atoms with Gasteiger partial charge in [-0.3, -0.25) is 4.79 Å². The molecule has 1 heterocycles. The van der Waals surface area contributed by atoms with Gasteiger partial charge in [-0.05, 0) is 25.7 Å². The second-order valence-corrected chi connectivity index (χ2v) is 4.67. The van der Waals surface area contributed by atoms with E-state index in [0.29, 0.717) is 11.6 Å². The molecule has 0 saturated heterocycles. The minimum Gasteiger partial charge on any atom is -0.481 e. The number of ether oxygens (including phenoxy) is 1. The molecule has 0 spiro atoms. The summed E-state index contributed by atoms with van der Waals surface area (Å²) < 4.78 is 6.59. The molecule has 1 amide bonds. The molecule has 0 radical (unpaired) electrons. The van der Waals surface area contributed by atoms with Crippen molar-refractivity contribution in [3.63, 3.8) is 0 Å². The molecule has 1 saturated carbocycles. The molecule has 1 aliphatic rings. The van der Waals surface area contributed by atoms with E-state index in [0.717, 1.165) is 25.7 Å². The van der Waals surface area contributed by atoms with E-state index in [2.05, 4.69) is 10.4 Å². The molecule has 0 atom stereocenters. The van der Waals surface area contributed by atoms with Gasteiger partial charge in [0.25, 0.3) is 5.91 Å². The zero-order chi connectivity index (χ0) is 13.1. The number of nitrogens with zero attached hydrogens (tertiary/aromatic N) is 2. The highest BCUT2D eigenvalue weighted by Gasteiger charge is 2.22. The molecule has 1 aromatic rings. The minimum atomic E-state index is -0.215. The second-order valence-electron chi connectivity index (χ2n) is 4.67. The molecule has 0 unspecified atom stereocenters. The Bertz CT molecular complexity index is 422. The van der Waals surface area contributed by atoms with E-state index in [1.54, 1.807) is 20.2 Å². The summed E-state index contributed by atoms with van der Waals surface area (Å²) in [5.41, 5.74) is 0.362. The highest BCUT2D eigenvalue weighted by molar-refractivity contribution is 5.92. The van der Waals surface area contributed by atoms with Crippen molar-refractivity contribution in [2.45, 2.75) is 37.8 Å². The number of nitrogens with one attached hydrogen (secondary N) is 1. The van der Waals surface area contributed by atoms with E-state index in [1.807, 2.05) is 0 Å². The molecule has 2 rings (SSSR count). The molecule has 0 bridgehead atoms. The van der Waals surface area contributed by atoms with Crippen LogP contribution in [0.2, 0.25) is 0 Å². The lowest BCUT2D eigenvalue weighted by Gasteiger charge is -2.25. The molecule has 1 aromatic heterocycles. The fourth-order valence-corrected chi connectivity index (χ4v) is 2.23. The number of amides is 1. The van der Waals surface area contributed by atoms with Gasteiger partial charge in [0.15, 0.2) is 5.69 Å². The first-order chi connectivity index (χ1) is 8.60. The number of aliphatic hydroxyl groups is 1. The van der Waals surface area contributed by atoms with Crippen molar-refractivity contribution in [2.24, 2.45) is 7.05 Å². The highest BCUT2D eigenvalue weighted by Crippen LogP contribution is 2.19. The largest absolute Gasteiger partial charge is 0.481 e. The predicted octanol–water partition coefficient (Wildman–Crippen LogP) is 0.462. The van der Waals surface area contributed by atoms with Crippen LogP contribution in [0.3, 0.4) is 0 Å². The van der Waals surface area contributed by atoms with E-state index in [4.69, 9.17) is 4.74 Å². The lowest BCUT2D eigenvalue weighted by Crippen LogP contribution is -2.38. The Kier molecular flexibility index (Phi) is 3.86. The first-order valence-electron chi connectivity index (χ1n) is 6.17. The number of aromatic nitrogens is 2. The van der Waals surface area contributed by atoms with E-state index in [-0.39, 0.29) is 18.1 Å². The molecule has 0 aromatic carbocycles. The van der Waals surface area contributed by atoms with Crippen LogP contribution in [0, 0.1) is 0 Å². The Morgan fingerprint density at radius 3 is 2.72 bits per heavy atom. The maximum atomic E-state index is 12.0. The summed E-state index contributed by atoms with van der Waals surface area (Å²) in [6.07, 6.45) is 2.91. The Morgan fingerprint density at radius 1 is 1.50 bits per heavy atom. The maximum absolute atomic E-state index is 12.0. The summed E-state index contributed by atoms with van der Waals surface area (Å²) in [7, 11) is 3.27. The van der Waals surface area contributed by atoms with Crippen molar-refractivity contribution >= 4 is 5.91 Å². The number of aryl methyl sites for hydroxylation is 1. The van der Waals surface area contributed by atoms with Crippen LogP contribution in [-0.4, -0.2) is 40.0 Å². The highest BCUT2D eigenvalue weighted by atomic mass is 16.5. The molecule has 18 heavy (non-hydrogen) atoms. The molecule has 1 fully saturated rings. The normalized spacial score (nSPS) is 23.7. The van der Waals surface area contributed by atoms with E-state index in [9.17, 15) is 9.90 Å². The molecule has 6 nitrogen and oxygen atoms in total. The Morgan fingerprint density at radius 2 is 2.17 bits per heavy atom. The Hall–Kier alpha value is -1.56. The van der Waals surface area contributed by atoms with Gasteiger partial charge < -0.3 is 15.2 Å². The molecular formula is C12H19N3O3.